The molecule has 13 heteroatoms. The largest absolute Gasteiger partial charge is 0.416 e. The van der Waals surface area contributed by atoms with Gasteiger partial charge in [0.1, 0.15) is 17.5 Å². The predicted octanol–water partition coefficient (Wildman–Crippen LogP) is 3.19. The van der Waals surface area contributed by atoms with Crippen LogP contribution in [0, 0.1) is 0 Å². The Morgan fingerprint density at radius 3 is 2.41 bits per heavy atom. The summed E-state index contributed by atoms with van der Waals surface area (Å²) in [5.41, 5.74) is -1.26. The molecule has 0 spiro atoms. The molecule has 5 nitrogen and oxygen atoms in total. The van der Waals surface area contributed by atoms with Crippen LogP contribution in [0.25, 0.3) is 0 Å². The van der Waals surface area contributed by atoms with Crippen LogP contribution in [-0.2, 0) is 21.0 Å². The van der Waals surface area contributed by atoms with Crippen LogP contribution in [0.2, 0.25) is 5.02 Å². The van der Waals surface area contributed by atoms with E-state index in [1.165, 1.54) is 0 Å². The lowest BCUT2D eigenvalue weighted by molar-refractivity contribution is -0.140. The molecular weight excluding hydrogens is 426 g/mol. The van der Waals surface area contributed by atoms with Crippen molar-refractivity contribution in [3.8, 4) is 0 Å². The smallest absolute Gasteiger partial charge is 0.346 e. The Kier molecular flexibility index (Phi) is 6.02. The number of hydrogen-bond acceptors (Lipinski definition) is 3. The van der Waals surface area contributed by atoms with Gasteiger partial charge in [-0.25, -0.2) is 8.42 Å². The predicted molar refractivity (Wildman–Crippen MR) is 82.4 cm³/mol. The third kappa shape index (κ3) is 5.05. The van der Waals surface area contributed by atoms with E-state index in [1.54, 1.807) is 5.32 Å². The van der Waals surface area contributed by atoms with Gasteiger partial charge in [-0.2, -0.15) is 30.6 Å². The van der Waals surface area contributed by atoms with Crippen molar-refractivity contribution < 1.29 is 39.6 Å². The van der Waals surface area contributed by atoms with Crippen LogP contribution in [-0.4, -0.2) is 43.9 Å². The van der Waals surface area contributed by atoms with Gasteiger partial charge in [0.25, 0.3) is 0 Å². The molecule has 1 amide bonds. The molecule has 0 bridgehead atoms. The molecule has 1 atom stereocenters. The number of amides is 1. The zero-order chi connectivity index (χ0) is 20.6. The van der Waals surface area contributed by atoms with Gasteiger partial charge in [0.15, 0.2) is 0 Å². The molecule has 1 N–H and O–H groups in total. The van der Waals surface area contributed by atoms with Crippen molar-refractivity contribution in [1.82, 2.24) is 9.62 Å². The van der Waals surface area contributed by atoms with E-state index in [0.717, 1.165) is 6.07 Å². The number of alkyl halides is 6. The monoisotopic (exact) mass is 438 g/mol. The second kappa shape index (κ2) is 7.47. The second-order valence-corrected chi connectivity index (χ2v) is 8.02. The summed E-state index contributed by atoms with van der Waals surface area (Å²) in [6, 6.07) is 0.217. The number of carbonyl (C=O) groups is 1. The molecule has 1 aromatic carbocycles. The molecule has 27 heavy (non-hydrogen) atoms. The first kappa shape index (κ1) is 21.8. The molecule has 1 aliphatic heterocycles. The van der Waals surface area contributed by atoms with E-state index in [-0.39, 0.29) is 19.4 Å². The standard InChI is InChI=1S/C14H13ClF6N2O3S/c15-9-4-3-8(14(19,20)21)6-11(9)27(25,26)23-5-1-2-10(23)12(24)22-7-13(16,17)18/h3-4,6,10H,1-2,5,7H2,(H,22,24). The lowest BCUT2D eigenvalue weighted by atomic mass is 10.2. The Bertz CT molecular complexity index is 825. The van der Waals surface area contributed by atoms with Gasteiger partial charge in [-0.05, 0) is 31.0 Å². The number of nitrogens with zero attached hydrogens (tertiary/aromatic N) is 1. The normalized spacial score (nSPS) is 19.3. The zero-order valence-corrected chi connectivity index (χ0v) is 14.9. The van der Waals surface area contributed by atoms with Gasteiger partial charge in [0, 0.05) is 6.54 Å². The maximum absolute atomic E-state index is 12.9. The van der Waals surface area contributed by atoms with Crippen molar-refractivity contribution in [2.75, 3.05) is 13.1 Å². The number of halogens is 7. The van der Waals surface area contributed by atoms with E-state index >= 15 is 0 Å². The van der Waals surface area contributed by atoms with E-state index in [4.69, 9.17) is 11.6 Å². The fraction of sp³-hybridized carbons (Fsp3) is 0.500. The third-order valence-corrected chi connectivity index (χ3v) is 6.20. The number of carbonyl (C=O) groups excluding carboxylic acids is 1. The van der Waals surface area contributed by atoms with E-state index < -0.39 is 56.4 Å². The molecule has 2 rings (SSSR count). The highest BCUT2D eigenvalue weighted by Crippen LogP contribution is 2.36. The lowest BCUT2D eigenvalue weighted by Gasteiger charge is -2.24. The van der Waals surface area contributed by atoms with Crippen molar-refractivity contribution in [1.29, 1.82) is 0 Å². The number of sulfonamides is 1. The van der Waals surface area contributed by atoms with E-state index in [2.05, 4.69) is 0 Å². The van der Waals surface area contributed by atoms with Gasteiger partial charge in [0.2, 0.25) is 15.9 Å². The first-order valence-corrected chi connectivity index (χ1v) is 9.28. The van der Waals surface area contributed by atoms with Crippen LogP contribution < -0.4 is 5.32 Å². The maximum atomic E-state index is 12.9. The van der Waals surface area contributed by atoms with Gasteiger partial charge in [-0.1, -0.05) is 11.6 Å². The minimum absolute atomic E-state index is 0.0699. The van der Waals surface area contributed by atoms with Crippen molar-refractivity contribution in [2.45, 2.75) is 36.1 Å². The van der Waals surface area contributed by atoms with Crippen LogP contribution in [0.15, 0.2) is 23.1 Å². The number of rotatable bonds is 4. The Morgan fingerprint density at radius 2 is 1.85 bits per heavy atom. The van der Waals surface area contributed by atoms with Crippen molar-refractivity contribution in [3.05, 3.63) is 28.8 Å². The van der Waals surface area contributed by atoms with Gasteiger partial charge >= 0.3 is 12.4 Å². The SMILES string of the molecule is O=C(NCC(F)(F)F)C1CCCN1S(=O)(=O)c1cc(C(F)(F)F)ccc1Cl. The minimum Gasteiger partial charge on any atom is -0.346 e. The molecule has 1 unspecified atom stereocenters. The fourth-order valence-electron chi connectivity index (χ4n) is 2.60. The molecule has 1 heterocycles. The number of benzene rings is 1. The summed E-state index contributed by atoms with van der Waals surface area (Å²) in [6.45, 7) is -1.89. The van der Waals surface area contributed by atoms with Crippen LogP contribution in [0.4, 0.5) is 26.3 Å². The van der Waals surface area contributed by atoms with Crippen LogP contribution in [0.1, 0.15) is 18.4 Å². The Labute approximate surface area is 155 Å². The summed E-state index contributed by atoms with van der Waals surface area (Å²) in [5, 5.41) is 1.09. The Balaban J connectivity index is 2.34. The second-order valence-electron chi connectivity index (χ2n) is 5.75. The average Bonchev–Trinajstić information content (AvgIpc) is 3.01. The molecule has 1 aromatic rings. The van der Waals surface area contributed by atoms with Gasteiger partial charge < -0.3 is 5.32 Å². The molecule has 0 aromatic heterocycles. The van der Waals surface area contributed by atoms with E-state index in [0.29, 0.717) is 16.4 Å². The summed E-state index contributed by atoms with van der Waals surface area (Å²) < 4.78 is 101. The van der Waals surface area contributed by atoms with Crippen LogP contribution in [0.3, 0.4) is 0 Å². The topological polar surface area (TPSA) is 66.5 Å². The highest BCUT2D eigenvalue weighted by Gasteiger charge is 2.42. The van der Waals surface area contributed by atoms with E-state index in [9.17, 15) is 39.6 Å². The average molecular weight is 439 g/mol. The number of hydrogen-bond donors (Lipinski definition) is 1. The molecule has 0 saturated carbocycles. The van der Waals surface area contributed by atoms with Crippen molar-refractivity contribution in [2.24, 2.45) is 0 Å². The molecule has 152 valence electrons. The molecule has 1 saturated heterocycles. The molecule has 1 aliphatic rings. The zero-order valence-electron chi connectivity index (χ0n) is 13.4. The highest BCUT2D eigenvalue weighted by molar-refractivity contribution is 7.89. The summed E-state index contributed by atoms with van der Waals surface area (Å²) in [6.07, 6.45) is -9.44. The van der Waals surface area contributed by atoms with Crippen molar-refractivity contribution >= 4 is 27.5 Å². The quantitative estimate of drug-likeness (QED) is 0.734. The summed E-state index contributed by atoms with van der Waals surface area (Å²) in [4.78, 5) is 11.1. The summed E-state index contributed by atoms with van der Waals surface area (Å²) >= 11 is 5.74. The van der Waals surface area contributed by atoms with Crippen molar-refractivity contribution in [3.63, 3.8) is 0 Å². The van der Waals surface area contributed by atoms with Gasteiger partial charge in [-0.15, -0.1) is 0 Å². The molecular formula is C14H13ClF6N2O3S. The molecule has 0 radical (unpaired) electrons. The van der Waals surface area contributed by atoms with Gasteiger partial charge in [-0.3, -0.25) is 4.79 Å². The summed E-state index contributed by atoms with van der Waals surface area (Å²) in [7, 11) is -4.64. The van der Waals surface area contributed by atoms with Crippen LogP contribution >= 0.6 is 11.6 Å². The Hall–Kier alpha value is -1.53. The minimum atomic E-state index is -4.83. The molecule has 0 aliphatic carbocycles. The van der Waals surface area contributed by atoms with Gasteiger partial charge in [0.05, 0.1) is 10.6 Å². The highest BCUT2D eigenvalue weighted by atomic mass is 35.5. The first-order valence-electron chi connectivity index (χ1n) is 7.46. The Morgan fingerprint density at radius 1 is 1.22 bits per heavy atom. The first-order chi connectivity index (χ1) is 12.2. The molecule has 1 fully saturated rings. The number of nitrogens with one attached hydrogen (secondary N) is 1. The van der Waals surface area contributed by atoms with E-state index in [1.807, 2.05) is 0 Å². The van der Waals surface area contributed by atoms with Crippen LogP contribution in [0.5, 0.6) is 0 Å². The lowest BCUT2D eigenvalue weighted by Crippen LogP contribution is -2.47. The fourth-order valence-corrected chi connectivity index (χ4v) is 4.76. The summed E-state index contributed by atoms with van der Waals surface area (Å²) in [5.74, 6) is -1.18. The third-order valence-electron chi connectivity index (χ3n) is 3.81. The maximum Gasteiger partial charge on any atom is 0.416 e.